The minimum absolute atomic E-state index is 0.0112. The molecule has 0 radical (unpaired) electrons. The predicted molar refractivity (Wildman–Crippen MR) is 71.7 cm³/mol. The third-order valence-corrected chi connectivity index (χ3v) is 2.94. The van der Waals surface area contributed by atoms with Gasteiger partial charge in [0, 0.05) is 31.9 Å². The molecule has 2 rings (SSSR count). The molecular formula is C14H17N3O2. The third kappa shape index (κ3) is 2.93. The van der Waals surface area contributed by atoms with Gasteiger partial charge in [-0.25, -0.2) is 0 Å². The molecule has 1 N–H and O–H groups in total. The van der Waals surface area contributed by atoms with Crippen molar-refractivity contribution in [3.8, 4) is 5.75 Å². The molecule has 5 heteroatoms. The Morgan fingerprint density at radius 1 is 1.42 bits per heavy atom. The highest BCUT2D eigenvalue weighted by molar-refractivity contribution is 5.96. The van der Waals surface area contributed by atoms with Crippen molar-refractivity contribution in [1.29, 1.82) is 0 Å². The Morgan fingerprint density at radius 3 is 2.74 bits per heavy atom. The van der Waals surface area contributed by atoms with E-state index >= 15 is 0 Å². The van der Waals surface area contributed by atoms with Crippen LogP contribution in [0.1, 0.15) is 22.8 Å². The minimum atomic E-state index is -0.176. The second-order valence-corrected chi connectivity index (χ2v) is 4.36. The van der Waals surface area contributed by atoms with Crippen molar-refractivity contribution >= 4 is 5.91 Å². The molecule has 0 aliphatic rings. The van der Waals surface area contributed by atoms with Crippen LogP contribution in [-0.2, 0) is 13.6 Å². The lowest BCUT2D eigenvalue weighted by atomic mass is 10.1. The Labute approximate surface area is 112 Å². The number of para-hydroxylation sites is 1. The standard InChI is InChI=1S/C14H17N3O2/c1-3-17(10-11-8-15-16(2)9-11)14(19)12-6-4-5-7-13(12)18/h4-9,18H,3,10H2,1-2H3. The van der Waals surface area contributed by atoms with E-state index in [1.54, 1.807) is 34.0 Å². The van der Waals surface area contributed by atoms with Crippen molar-refractivity contribution in [3.05, 3.63) is 47.8 Å². The van der Waals surface area contributed by atoms with Gasteiger partial charge in [0.2, 0.25) is 0 Å². The number of carbonyl (C=O) groups is 1. The van der Waals surface area contributed by atoms with Crippen LogP contribution in [0.5, 0.6) is 5.75 Å². The number of benzene rings is 1. The van der Waals surface area contributed by atoms with Gasteiger partial charge in [-0.3, -0.25) is 9.48 Å². The Bertz CT molecular complexity index is 578. The van der Waals surface area contributed by atoms with E-state index in [-0.39, 0.29) is 11.7 Å². The maximum Gasteiger partial charge on any atom is 0.257 e. The van der Waals surface area contributed by atoms with E-state index in [0.29, 0.717) is 18.7 Å². The van der Waals surface area contributed by atoms with Crippen LogP contribution in [0.2, 0.25) is 0 Å². The van der Waals surface area contributed by atoms with E-state index < -0.39 is 0 Å². The molecule has 1 amide bonds. The molecule has 0 aliphatic heterocycles. The number of nitrogens with zero attached hydrogens (tertiary/aromatic N) is 3. The van der Waals surface area contributed by atoms with Crippen LogP contribution in [0, 0.1) is 0 Å². The number of hydrogen-bond acceptors (Lipinski definition) is 3. The SMILES string of the molecule is CCN(Cc1cnn(C)c1)C(=O)c1ccccc1O. The molecule has 0 saturated heterocycles. The number of aryl methyl sites for hydroxylation is 1. The van der Waals surface area contributed by atoms with Gasteiger partial charge in [0.05, 0.1) is 11.8 Å². The fourth-order valence-corrected chi connectivity index (χ4v) is 1.93. The molecule has 2 aromatic rings. The molecule has 0 unspecified atom stereocenters. The van der Waals surface area contributed by atoms with E-state index in [0.717, 1.165) is 5.56 Å². The number of hydrogen-bond donors (Lipinski definition) is 1. The van der Waals surface area contributed by atoms with Crippen LogP contribution >= 0.6 is 0 Å². The summed E-state index contributed by atoms with van der Waals surface area (Å²) in [6.07, 6.45) is 3.61. The first-order valence-corrected chi connectivity index (χ1v) is 6.16. The van der Waals surface area contributed by atoms with Gasteiger partial charge in [0.15, 0.2) is 0 Å². The van der Waals surface area contributed by atoms with Gasteiger partial charge in [0.1, 0.15) is 5.75 Å². The molecule has 1 aromatic carbocycles. The highest BCUT2D eigenvalue weighted by Crippen LogP contribution is 2.18. The van der Waals surface area contributed by atoms with E-state index in [1.807, 2.05) is 20.2 Å². The molecule has 100 valence electrons. The quantitative estimate of drug-likeness (QED) is 0.910. The Kier molecular flexibility index (Phi) is 3.85. The lowest BCUT2D eigenvalue weighted by Gasteiger charge is -2.20. The van der Waals surface area contributed by atoms with Gasteiger partial charge < -0.3 is 10.0 Å². The highest BCUT2D eigenvalue weighted by Gasteiger charge is 2.17. The highest BCUT2D eigenvalue weighted by atomic mass is 16.3. The monoisotopic (exact) mass is 259 g/mol. The lowest BCUT2D eigenvalue weighted by Crippen LogP contribution is -2.30. The molecule has 0 saturated carbocycles. The van der Waals surface area contributed by atoms with Gasteiger partial charge in [-0.15, -0.1) is 0 Å². The summed E-state index contributed by atoms with van der Waals surface area (Å²) in [7, 11) is 1.84. The summed E-state index contributed by atoms with van der Waals surface area (Å²) in [5.74, 6) is -0.165. The first-order chi connectivity index (χ1) is 9.11. The van der Waals surface area contributed by atoms with Crippen molar-refractivity contribution in [1.82, 2.24) is 14.7 Å². The summed E-state index contributed by atoms with van der Waals surface area (Å²) in [5, 5.41) is 13.8. The van der Waals surface area contributed by atoms with Crippen LogP contribution in [0.25, 0.3) is 0 Å². The van der Waals surface area contributed by atoms with Crippen LogP contribution in [0.4, 0.5) is 0 Å². The van der Waals surface area contributed by atoms with Crippen molar-refractivity contribution < 1.29 is 9.90 Å². The average Bonchev–Trinajstić information content (AvgIpc) is 2.81. The number of rotatable bonds is 4. The topological polar surface area (TPSA) is 58.4 Å². The Balaban J connectivity index is 2.18. The zero-order valence-electron chi connectivity index (χ0n) is 11.1. The lowest BCUT2D eigenvalue weighted by molar-refractivity contribution is 0.0749. The summed E-state index contributed by atoms with van der Waals surface area (Å²) in [6.45, 7) is 2.97. The normalized spacial score (nSPS) is 10.4. The van der Waals surface area contributed by atoms with Gasteiger partial charge in [-0.05, 0) is 19.1 Å². The Hall–Kier alpha value is -2.30. The second kappa shape index (κ2) is 5.56. The number of carbonyl (C=O) groups excluding carboxylic acids is 1. The van der Waals surface area contributed by atoms with Gasteiger partial charge in [-0.1, -0.05) is 12.1 Å². The van der Waals surface area contributed by atoms with Crippen LogP contribution in [0.3, 0.4) is 0 Å². The third-order valence-electron chi connectivity index (χ3n) is 2.94. The molecule has 5 nitrogen and oxygen atoms in total. The van der Waals surface area contributed by atoms with Crippen LogP contribution in [0.15, 0.2) is 36.7 Å². The molecule has 19 heavy (non-hydrogen) atoms. The molecule has 1 heterocycles. The number of phenols is 1. The van der Waals surface area contributed by atoms with Crippen molar-refractivity contribution in [3.63, 3.8) is 0 Å². The fraction of sp³-hybridized carbons (Fsp3) is 0.286. The molecule has 0 fully saturated rings. The van der Waals surface area contributed by atoms with Crippen molar-refractivity contribution in [2.75, 3.05) is 6.54 Å². The number of phenolic OH excluding ortho intramolecular Hbond substituents is 1. The summed E-state index contributed by atoms with van der Waals surface area (Å²) in [4.78, 5) is 14.0. The summed E-state index contributed by atoms with van der Waals surface area (Å²) < 4.78 is 1.70. The molecule has 0 spiro atoms. The average molecular weight is 259 g/mol. The molecule has 1 aromatic heterocycles. The summed E-state index contributed by atoms with van der Waals surface area (Å²) >= 11 is 0. The smallest absolute Gasteiger partial charge is 0.257 e. The maximum atomic E-state index is 12.3. The zero-order valence-corrected chi connectivity index (χ0v) is 11.1. The zero-order chi connectivity index (χ0) is 13.8. The molecule has 0 aliphatic carbocycles. The minimum Gasteiger partial charge on any atom is -0.507 e. The maximum absolute atomic E-state index is 12.3. The van der Waals surface area contributed by atoms with E-state index in [2.05, 4.69) is 5.10 Å². The van der Waals surface area contributed by atoms with Crippen molar-refractivity contribution in [2.24, 2.45) is 7.05 Å². The van der Waals surface area contributed by atoms with Gasteiger partial charge in [-0.2, -0.15) is 5.10 Å². The largest absolute Gasteiger partial charge is 0.507 e. The first kappa shape index (κ1) is 13.1. The number of aromatic nitrogens is 2. The molecule has 0 atom stereocenters. The Morgan fingerprint density at radius 2 is 2.16 bits per heavy atom. The van der Waals surface area contributed by atoms with Crippen molar-refractivity contribution in [2.45, 2.75) is 13.5 Å². The van der Waals surface area contributed by atoms with Crippen LogP contribution < -0.4 is 0 Å². The van der Waals surface area contributed by atoms with Gasteiger partial charge >= 0.3 is 0 Å². The fourth-order valence-electron chi connectivity index (χ4n) is 1.93. The van der Waals surface area contributed by atoms with Crippen LogP contribution in [-0.4, -0.2) is 32.2 Å². The summed E-state index contributed by atoms with van der Waals surface area (Å²) in [6, 6.07) is 6.59. The van der Waals surface area contributed by atoms with Gasteiger partial charge in [0.25, 0.3) is 5.91 Å². The van der Waals surface area contributed by atoms with E-state index in [1.165, 1.54) is 6.07 Å². The first-order valence-electron chi connectivity index (χ1n) is 6.16. The number of aromatic hydroxyl groups is 1. The predicted octanol–water partition coefficient (Wildman–Crippen LogP) is 1.79. The second-order valence-electron chi connectivity index (χ2n) is 4.36. The summed E-state index contributed by atoms with van der Waals surface area (Å²) in [5.41, 5.74) is 1.29. The molecular weight excluding hydrogens is 242 g/mol. The van der Waals surface area contributed by atoms with E-state index in [4.69, 9.17) is 0 Å². The number of amides is 1. The van der Waals surface area contributed by atoms with E-state index in [9.17, 15) is 9.90 Å². The molecule has 0 bridgehead atoms.